The lowest BCUT2D eigenvalue weighted by Gasteiger charge is -2.61. The molecule has 5 aliphatic rings. The molecule has 5 heteroatoms. The Hall–Kier alpha value is -0.940. The third-order valence-corrected chi connectivity index (χ3v) is 10.8. The van der Waals surface area contributed by atoms with Gasteiger partial charge in [0.1, 0.15) is 11.9 Å². The van der Waals surface area contributed by atoms with E-state index in [1.807, 2.05) is 0 Å². The predicted octanol–water partition coefficient (Wildman–Crippen LogP) is 4.48. The van der Waals surface area contributed by atoms with Crippen LogP contribution in [0.4, 0.5) is 0 Å². The standard InChI is InChI=1S/C27H43NO4/c1-6-28(7-2)15-24(30)32-23-14-27(5)19(16(3)29)10-11-20(27)18-9-8-17-12-21-22(31-21)13-26(17,4)25(18)23/h17-23,25H,6-15H2,1-5H3/t17-,18-,19+,20-,21-,22+,23-,25+,26-,27+/m0/s1. The SMILES string of the molecule is CCN(CC)CC(=O)O[C@H]1C[C@]2(C)[C@@H](C(C)=O)CC[C@H]2[C@@H]2CC[C@H]3C[C@@H]4O[C@@H]4C[C@]3(C)[C@H]21. The summed E-state index contributed by atoms with van der Waals surface area (Å²) < 4.78 is 12.4. The molecule has 0 aromatic rings. The molecule has 1 aliphatic heterocycles. The van der Waals surface area contributed by atoms with Gasteiger partial charge in [0.15, 0.2) is 0 Å². The van der Waals surface area contributed by atoms with Gasteiger partial charge in [-0.25, -0.2) is 0 Å². The third-order valence-electron chi connectivity index (χ3n) is 10.8. The van der Waals surface area contributed by atoms with Gasteiger partial charge in [-0.05, 0) is 93.5 Å². The quantitative estimate of drug-likeness (QED) is 0.446. The maximum atomic E-state index is 13.1. The molecule has 0 radical (unpaired) electrons. The van der Waals surface area contributed by atoms with Crippen molar-refractivity contribution in [2.45, 2.75) is 97.9 Å². The Bertz CT molecular complexity index is 765. The highest BCUT2D eigenvalue weighted by atomic mass is 16.6. The maximum Gasteiger partial charge on any atom is 0.320 e. The number of Topliss-reactive ketones (excluding diaryl/α,β-unsaturated/α-hetero) is 1. The van der Waals surface area contributed by atoms with E-state index in [2.05, 4.69) is 32.6 Å². The van der Waals surface area contributed by atoms with Gasteiger partial charge in [0.2, 0.25) is 0 Å². The first-order chi connectivity index (χ1) is 15.2. The number of rotatable bonds is 6. The molecule has 1 saturated heterocycles. The molecule has 0 aromatic carbocycles. The van der Waals surface area contributed by atoms with Crippen LogP contribution in [0.3, 0.4) is 0 Å². The van der Waals surface area contributed by atoms with E-state index in [1.54, 1.807) is 6.92 Å². The zero-order valence-corrected chi connectivity index (χ0v) is 20.8. The van der Waals surface area contributed by atoms with Crippen LogP contribution in [0.5, 0.6) is 0 Å². The lowest BCUT2D eigenvalue weighted by molar-refractivity contribution is -0.193. The molecule has 0 spiro atoms. The zero-order chi connectivity index (χ0) is 22.8. The summed E-state index contributed by atoms with van der Waals surface area (Å²) >= 11 is 0. The minimum absolute atomic E-state index is 0.0381. The van der Waals surface area contributed by atoms with Gasteiger partial charge in [0.05, 0.1) is 18.8 Å². The molecule has 0 aromatic heterocycles. The lowest BCUT2D eigenvalue weighted by Crippen LogP contribution is -2.60. The Morgan fingerprint density at radius 1 is 1.00 bits per heavy atom. The average molecular weight is 446 g/mol. The Morgan fingerprint density at radius 3 is 2.44 bits per heavy atom. The second kappa shape index (κ2) is 8.08. The van der Waals surface area contributed by atoms with Crippen LogP contribution in [-0.4, -0.2) is 54.6 Å². The molecule has 180 valence electrons. The molecule has 0 N–H and O–H groups in total. The number of nitrogens with zero attached hydrogens (tertiary/aromatic N) is 1. The molecule has 32 heavy (non-hydrogen) atoms. The summed E-state index contributed by atoms with van der Waals surface area (Å²) in [6, 6.07) is 0. The fourth-order valence-corrected chi connectivity index (χ4v) is 9.23. The molecular formula is C27H43NO4. The molecule has 1 heterocycles. The van der Waals surface area contributed by atoms with E-state index < -0.39 is 0 Å². The van der Waals surface area contributed by atoms with Crippen molar-refractivity contribution in [3.63, 3.8) is 0 Å². The third kappa shape index (κ3) is 3.48. The van der Waals surface area contributed by atoms with E-state index in [0.717, 1.165) is 38.8 Å². The Labute approximate surface area is 194 Å². The first-order valence-corrected chi connectivity index (χ1v) is 13.3. The van der Waals surface area contributed by atoms with E-state index in [-0.39, 0.29) is 28.8 Å². The van der Waals surface area contributed by atoms with Gasteiger partial charge in [-0.1, -0.05) is 27.7 Å². The number of ketones is 1. The smallest absolute Gasteiger partial charge is 0.320 e. The van der Waals surface area contributed by atoms with Crippen molar-refractivity contribution >= 4 is 11.8 Å². The second-order valence-corrected chi connectivity index (χ2v) is 12.2. The van der Waals surface area contributed by atoms with Gasteiger partial charge in [-0.15, -0.1) is 0 Å². The maximum absolute atomic E-state index is 13.1. The van der Waals surface area contributed by atoms with Crippen molar-refractivity contribution in [3.8, 4) is 0 Å². The summed E-state index contributed by atoms with van der Waals surface area (Å²) in [7, 11) is 0. The molecule has 10 atom stereocenters. The van der Waals surface area contributed by atoms with Crippen LogP contribution in [0.25, 0.3) is 0 Å². The Morgan fingerprint density at radius 2 is 1.75 bits per heavy atom. The fourth-order valence-electron chi connectivity index (χ4n) is 9.23. The normalized spacial score (nSPS) is 48.9. The van der Waals surface area contributed by atoms with E-state index in [1.165, 1.54) is 19.3 Å². The highest BCUT2D eigenvalue weighted by molar-refractivity contribution is 5.79. The first kappa shape index (κ1) is 22.8. The summed E-state index contributed by atoms with van der Waals surface area (Å²) in [5, 5.41) is 0. The fraction of sp³-hybridized carbons (Fsp3) is 0.926. The number of likely N-dealkylation sites (N-methyl/N-ethyl adjacent to an activating group) is 1. The summed E-state index contributed by atoms with van der Waals surface area (Å²) in [5.74, 6) is 2.57. The Balaban J connectivity index is 1.46. The van der Waals surface area contributed by atoms with Crippen molar-refractivity contribution in [1.29, 1.82) is 0 Å². The van der Waals surface area contributed by atoms with E-state index >= 15 is 0 Å². The number of epoxide rings is 1. The minimum Gasteiger partial charge on any atom is -0.461 e. The molecule has 5 nitrogen and oxygen atoms in total. The predicted molar refractivity (Wildman–Crippen MR) is 123 cm³/mol. The largest absolute Gasteiger partial charge is 0.461 e. The van der Waals surface area contributed by atoms with Crippen LogP contribution >= 0.6 is 0 Å². The van der Waals surface area contributed by atoms with Crippen molar-refractivity contribution in [2.75, 3.05) is 19.6 Å². The summed E-state index contributed by atoms with van der Waals surface area (Å²) in [6.07, 6.45) is 8.63. The number of carbonyl (C=O) groups is 2. The first-order valence-electron chi connectivity index (χ1n) is 13.3. The van der Waals surface area contributed by atoms with Crippen molar-refractivity contribution in [3.05, 3.63) is 0 Å². The number of esters is 1. The van der Waals surface area contributed by atoms with E-state index in [0.29, 0.717) is 48.2 Å². The van der Waals surface area contributed by atoms with Crippen LogP contribution in [0, 0.1) is 40.4 Å². The molecule has 4 aliphatic carbocycles. The number of carbonyl (C=O) groups excluding carboxylic acids is 2. The number of ether oxygens (including phenoxy) is 2. The summed E-state index contributed by atoms with van der Waals surface area (Å²) in [5.41, 5.74) is 0.139. The lowest BCUT2D eigenvalue weighted by atomic mass is 9.44. The Kier molecular flexibility index (Phi) is 5.76. The highest BCUT2D eigenvalue weighted by Crippen LogP contribution is 2.69. The van der Waals surface area contributed by atoms with Crippen LogP contribution in [0.15, 0.2) is 0 Å². The summed E-state index contributed by atoms with van der Waals surface area (Å²) in [6.45, 7) is 12.9. The minimum atomic E-state index is -0.0843. The van der Waals surface area contributed by atoms with Crippen molar-refractivity contribution < 1.29 is 19.1 Å². The van der Waals surface area contributed by atoms with Gasteiger partial charge in [0.25, 0.3) is 0 Å². The molecule has 0 amide bonds. The van der Waals surface area contributed by atoms with Gasteiger partial charge >= 0.3 is 5.97 Å². The van der Waals surface area contributed by atoms with Crippen LogP contribution in [0.1, 0.15) is 79.6 Å². The van der Waals surface area contributed by atoms with Gasteiger partial charge in [-0.2, -0.15) is 0 Å². The molecule has 4 saturated carbocycles. The molecule has 5 fully saturated rings. The molecular weight excluding hydrogens is 402 g/mol. The summed E-state index contributed by atoms with van der Waals surface area (Å²) in [4.78, 5) is 27.9. The number of hydrogen-bond donors (Lipinski definition) is 0. The van der Waals surface area contributed by atoms with Gasteiger partial charge in [-0.3, -0.25) is 14.5 Å². The number of hydrogen-bond acceptors (Lipinski definition) is 5. The highest BCUT2D eigenvalue weighted by Gasteiger charge is 2.67. The van der Waals surface area contributed by atoms with Gasteiger partial charge in [0, 0.05) is 11.8 Å². The molecule has 0 unspecified atom stereocenters. The van der Waals surface area contributed by atoms with Crippen LogP contribution < -0.4 is 0 Å². The van der Waals surface area contributed by atoms with E-state index in [4.69, 9.17) is 9.47 Å². The van der Waals surface area contributed by atoms with Crippen molar-refractivity contribution in [1.82, 2.24) is 4.90 Å². The van der Waals surface area contributed by atoms with Gasteiger partial charge < -0.3 is 9.47 Å². The van der Waals surface area contributed by atoms with Crippen LogP contribution in [-0.2, 0) is 19.1 Å². The number of fused-ring (bicyclic) bond motifs is 6. The monoisotopic (exact) mass is 445 g/mol. The molecule has 5 rings (SSSR count). The average Bonchev–Trinajstić information content (AvgIpc) is 3.38. The zero-order valence-electron chi connectivity index (χ0n) is 20.8. The second-order valence-electron chi connectivity index (χ2n) is 12.2. The molecule has 0 bridgehead atoms. The van der Waals surface area contributed by atoms with Crippen LogP contribution in [0.2, 0.25) is 0 Å². The van der Waals surface area contributed by atoms with E-state index in [9.17, 15) is 9.59 Å². The topological polar surface area (TPSA) is 59.1 Å². The van der Waals surface area contributed by atoms with Crippen molar-refractivity contribution in [2.24, 2.45) is 40.4 Å².